The number of hydrogen-bond acceptors (Lipinski definition) is 2. The minimum Gasteiger partial charge on any atom is -0.345 e. The van der Waals surface area contributed by atoms with Gasteiger partial charge in [0.1, 0.15) is 0 Å². The van der Waals surface area contributed by atoms with E-state index in [1.165, 1.54) is 51.4 Å². The lowest BCUT2D eigenvalue weighted by Crippen LogP contribution is -2.59. The Kier molecular flexibility index (Phi) is 4.98. The average molecular weight is 444 g/mol. The molecule has 4 aliphatic carbocycles. The molecule has 4 bridgehead atoms. The van der Waals surface area contributed by atoms with Crippen LogP contribution in [0.25, 0.3) is 10.9 Å². The molecule has 28 heavy (non-hydrogen) atoms. The number of nitrogens with zero attached hydrogens (tertiary/aromatic N) is 2. The van der Waals surface area contributed by atoms with E-state index in [2.05, 4.69) is 27.3 Å². The highest BCUT2D eigenvalue weighted by atomic mass is 79.9. The van der Waals surface area contributed by atoms with Gasteiger partial charge in [-0.1, -0.05) is 40.5 Å². The van der Waals surface area contributed by atoms with E-state index in [9.17, 15) is 4.79 Å². The summed E-state index contributed by atoms with van der Waals surface area (Å²) in [7, 11) is 0. The highest BCUT2D eigenvalue weighted by molar-refractivity contribution is 9.09. The summed E-state index contributed by atoms with van der Waals surface area (Å²) in [6.45, 7) is 0.873. The van der Waals surface area contributed by atoms with Crippen LogP contribution >= 0.6 is 15.9 Å². The number of nitrogens with one attached hydrogen (secondary N) is 1. The topological polar surface area (TPSA) is 46.9 Å². The number of halogens is 1. The Labute approximate surface area is 175 Å². The van der Waals surface area contributed by atoms with Gasteiger partial charge in [0.05, 0.1) is 5.52 Å². The number of fused-ring (bicyclic) bond motifs is 1. The maximum atomic E-state index is 13.3. The van der Waals surface area contributed by atoms with Crippen molar-refractivity contribution in [2.24, 2.45) is 17.8 Å². The van der Waals surface area contributed by atoms with Crippen LogP contribution in [-0.4, -0.2) is 26.6 Å². The molecule has 1 aromatic carbocycles. The number of amides is 1. The molecule has 0 atom stereocenters. The van der Waals surface area contributed by atoms with Crippen molar-refractivity contribution in [1.82, 2.24) is 15.1 Å². The zero-order chi connectivity index (χ0) is 19.1. The SMILES string of the molecule is O=C(NC12CC3CC(CC(C3)C1)C2)c1nn(CCCCCBr)c2ccccc12. The number of para-hydroxylation sites is 1. The molecule has 4 aliphatic rings. The number of hydrogen-bond donors (Lipinski definition) is 1. The molecule has 1 N–H and O–H groups in total. The lowest BCUT2D eigenvalue weighted by atomic mass is 9.53. The van der Waals surface area contributed by atoms with Crippen molar-refractivity contribution < 1.29 is 4.79 Å². The highest BCUT2D eigenvalue weighted by Crippen LogP contribution is 2.55. The maximum Gasteiger partial charge on any atom is 0.272 e. The fraction of sp³-hybridized carbons (Fsp3) is 0.652. The van der Waals surface area contributed by atoms with Gasteiger partial charge in [-0.15, -0.1) is 0 Å². The number of aromatic nitrogens is 2. The normalized spacial score (nSPS) is 30.8. The number of alkyl halides is 1. The first-order valence-electron chi connectivity index (χ1n) is 11.0. The van der Waals surface area contributed by atoms with Crippen molar-refractivity contribution in [3.63, 3.8) is 0 Å². The standard InChI is InChI=1S/C23H30BrN3O/c24-8-4-1-5-9-27-20-7-3-2-6-19(20)21(26-27)22(28)25-23-13-16-10-17(14-23)12-18(11-16)15-23/h2-3,6-7,16-18H,1,4-5,8-15H2,(H,25,28). The van der Waals surface area contributed by atoms with Gasteiger partial charge >= 0.3 is 0 Å². The number of benzene rings is 1. The van der Waals surface area contributed by atoms with Crippen LogP contribution in [0.4, 0.5) is 0 Å². The predicted molar refractivity (Wildman–Crippen MR) is 116 cm³/mol. The second-order valence-corrected chi connectivity index (χ2v) is 10.3. The molecule has 1 aromatic heterocycles. The third-order valence-electron chi connectivity index (χ3n) is 7.29. The van der Waals surface area contributed by atoms with Gasteiger partial charge < -0.3 is 5.32 Å². The molecule has 4 saturated carbocycles. The molecule has 6 rings (SSSR count). The zero-order valence-corrected chi connectivity index (χ0v) is 18.1. The molecule has 5 heteroatoms. The lowest BCUT2D eigenvalue weighted by molar-refractivity contribution is -0.0167. The van der Waals surface area contributed by atoms with E-state index in [1.807, 2.05) is 22.9 Å². The first-order chi connectivity index (χ1) is 13.7. The molecule has 0 spiro atoms. The van der Waals surface area contributed by atoms with E-state index in [-0.39, 0.29) is 11.4 Å². The molecule has 0 unspecified atom stereocenters. The third kappa shape index (κ3) is 3.40. The van der Waals surface area contributed by atoms with Crippen molar-refractivity contribution in [1.29, 1.82) is 0 Å². The van der Waals surface area contributed by atoms with Crippen LogP contribution in [0.2, 0.25) is 0 Å². The summed E-state index contributed by atoms with van der Waals surface area (Å²) in [6, 6.07) is 8.20. The minimum absolute atomic E-state index is 0.0343. The van der Waals surface area contributed by atoms with E-state index in [1.54, 1.807) is 0 Å². The summed E-state index contributed by atoms with van der Waals surface area (Å²) in [5.74, 6) is 2.53. The number of unbranched alkanes of at least 4 members (excludes halogenated alkanes) is 2. The molecule has 0 aliphatic heterocycles. The molecule has 1 amide bonds. The van der Waals surface area contributed by atoms with Crippen molar-refractivity contribution >= 4 is 32.7 Å². The summed E-state index contributed by atoms with van der Waals surface area (Å²) < 4.78 is 2.04. The van der Waals surface area contributed by atoms with Crippen molar-refractivity contribution in [2.45, 2.75) is 69.9 Å². The first-order valence-corrected chi connectivity index (χ1v) is 12.1. The van der Waals surface area contributed by atoms with E-state index in [0.717, 1.165) is 47.0 Å². The summed E-state index contributed by atoms with van der Waals surface area (Å²) in [6.07, 6.45) is 11.1. The van der Waals surface area contributed by atoms with Gasteiger partial charge in [-0.3, -0.25) is 9.48 Å². The maximum absolute atomic E-state index is 13.3. The molecule has 0 saturated heterocycles. The summed E-state index contributed by atoms with van der Waals surface area (Å²) in [4.78, 5) is 13.3. The number of aryl methyl sites for hydroxylation is 1. The monoisotopic (exact) mass is 443 g/mol. The second kappa shape index (κ2) is 7.47. The van der Waals surface area contributed by atoms with Crippen LogP contribution in [0.15, 0.2) is 24.3 Å². The first kappa shape index (κ1) is 18.7. The van der Waals surface area contributed by atoms with E-state index >= 15 is 0 Å². The van der Waals surface area contributed by atoms with Crippen LogP contribution in [0.5, 0.6) is 0 Å². The fourth-order valence-electron chi connectivity index (χ4n) is 6.56. The molecule has 4 fully saturated rings. The Bertz CT molecular complexity index is 839. The van der Waals surface area contributed by atoms with Crippen LogP contribution < -0.4 is 5.32 Å². The highest BCUT2D eigenvalue weighted by Gasteiger charge is 2.51. The van der Waals surface area contributed by atoms with Gasteiger partial charge in [0, 0.05) is 22.8 Å². The molecule has 150 valence electrons. The van der Waals surface area contributed by atoms with Crippen LogP contribution in [0.1, 0.15) is 68.3 Å². The third-order valence-corrected chi connectivity index (χ3v) is 7.85. The zero-order valence-electron chi connectivity index (χ0n) is 16.5. The number of carbonyl (C=O) groups excluding carboxylic acids is 1. The minimum atomic E-state index is 0.0343. The van der Waals surface area contributed by atoms with Gasteiger partial charge in [-0.25, -0.2) is 0 Å². The molecular formula is C23H30BrN3O. The Hall–Kier alpha value is -1.36. The van der Waals surface area contributed by atoms with Crippen molar-refractivity contribution in [2.75, 3.05) is 5.33 Å². The van der Waals surface area contributed by atoms with Crippen LogP contribution in [0.3, 0.4) is 0 Å². The molecule has 1 heterocycles. The Morgan fingerprint density at radius 3 is 2.43 bits per heavy atom. The van der Waals surface area contributed by atoms with Crippen molar-refractivity contribution in [3.05, 3.63) is 30.0 Å². The van der Waals surface area contributed by atoms with Gasteiger partial charge in [-0.05, 0) is 75.2 Å². The molecule has 2 aromatic rings. The van der Waals surface area contributed by atoms with E-state index < -0.39 is 0 Å². The van der Waals surface area contributed by atoms with E-state index in [4.69, 9.17) is 5.10 Å². The van der Waals surface area contributed by atoms with Gasteiger partial charge in [-0.2, -0.15) is 5.10 Å². The Balaban J connectivity index is 1.37. The average Bonchev–Trinajstić information content (AvgIpc) is 3.03. The fourth-order valence-corrected chi connectivity index (χ4v) is 6.96. The largest absolute Gasteiger partial charge is 0.345 e. The second-order valence-electron chi connectivity index (χ2n) is 9.49. The van der Waals surface area contributed by atoms with Crippen LogP contribution in [-0.2, 0) is 6.54 Å². The predicted octanol–water partition coefficient (Wildman–Crippen LogP) is 5.30. The molecule has 4 nitrogen and oxygen atoms in total. The van der Waals surface area contributed by atoms with Crippen LogP contribution in [0, 0.1) is 17.8 Å². The van der Waals surface area contributed by atoms with Crippen molar-refractivity contribution in [3.8, 4) is 0 Å². The number of rotatable bonds is 7. The smallest absolute Gasteiger partial charge is 0.272 e. The molecule has 0 radical (unpaired) electrons. The summed E-state index contributed by atoms with van der Waals surface area (Å²) >= 11 is 3.50. The molecular weight excluding hydrogens is 414 g/mol. The van der Waals surface area contributed by atoms with Gasteiger partial charge in [0.2, 0.25) is 0 Å². The Morgan fingerprint density at radius 1 is 1.07 bits per heavy atom. The summed E-state index contributed by atoms with van der Waals surface area (Å²) in [5, 5.41) is 10.3. The number of carbonyl (C=O) groups is 1. The Morgan fingerprint density at radius 2 is 1.75 bits per heavy atom. The summed E-state index contributed by atoms with van der Waals surface area (Å²) in [5.41, 5.74) is 1.73. The lowest BCUT2D eigenvalue weighted by Gasteiger charge is -2.56. The quantitative estimate of drug-likeness (QED) is 0.465. The van der Waals surface area contributed by atoms with Gasteiger partial charge in [0.15, 0.2) is 5.69 Å². The van der Waals surface area contributed by atoms with E-state index in [0.29, 0.717) is 5.69 Å². The van der Waals surface area contributed by atoms with Gasteiger partial charge in [0.25, 0.3) is 5.91 Å².